The maximum Gasteiger partial charge on any atom is 0.417 e. The number of thiophene rings is 1. The highest BCUT2D eigenvalue weighted by Gasteiger charge is 2.56. The average Bonchev–Trinajstić information content (AvgIpc) is 3.30. The lowest BCUT2D eigenvalue weighted by Crippen LogP contribution is -2.50. The summed E-state index contributed by atoms with van der Waals surface area (Å²) in [6.45, 7) is 3.40. The Bertz CT molecular complexity index is 1440. The van der Waals surface area contributed by atoms with E-state index in [2.05, 4.69) is 9.97 Å². The molecule has 1 aromatic carbocycles. The van der Waals surface area contributed by atoms with Gasteiger partial charge in [0, 0.05) is 28.5 Å². The summed E-state index contributed by atoms with van der Waals surface area (Å²) in [6.07, 6.45) is -3.87. The van der Waals surface area contributed by atoms with Crippen LogP contribution in [0.3, 0.4) is 0 Å². The molecular weight excluding hydrogens is 473 g/mol. The normalized spacial score (nSPS) is 15.2. The lowest BCUT2D eigenvalue weighted by molar-refractivity contribution is -0.266. The molecule has 3 aromatic heterocycles. The number of aliphatic hydroxyl groups is 1. The van der Waals surface area contributed by atoms with Gasteiger partial charge in [0.05, 0.1) is 11.7 Å². The van der Waals surface area contributed by atoms with Crippen molar-refractivity contribution in [2.75, 3.05) is 6.26 Å². The average molecular weight is 497 g/mol. The highest BCUT2D eigenvalue weighted by atomic mass is 32.2. The van der Waals surface area contributed by atoms with Gasteiger partial charge in [0.2, 0.25) is 0 Å². The number of benzene rings is 1. The number of sulfone groups is 1. The number of rotatable bonds is 6. The van der Waals surface area contributed by atoms with Crippen LogP contribution >= 0.6 is 11.3 Å². The third-order valence-corrected chi connectivity index (χ3v) is 7.82. The van der Waals surface area contributed by atoms with Crippen molar-refractivity contribution in [3.8, 4) is 0 Å². The van der Waals surface area contributed by atoms with E-state index in [-0.39, 0.29) is 10.7 Å². The molecule has 0 aliphatic carbocycles. The third kappa shape index (κ3) is 4.51. The maximum atomic E-state index is 14.2. The molecule has 0 spiro atoms. The van der Waals surface area contributed by atoms with Crippen LogP contribution in [0.15, 0.2) is 53.0 Å². The Kier molecular flexibility index (Phi) is 5.62. The number of hydrogen-bond acceptors (Lipinski definition) is 5. The molecule has 4 aromatic rings. The monoisotopic (exact) mass is 496 g/mol. The van der Waals surface area contributed by atoms with Gasteiger partial charge in [0.15, 0.2) is 20.5 Å². The second-order valence-corrected chi connectivity index (χ2v) is 12.0. The Balaban J connectivity index is 1.71. The number of alkyl halides is 3. The predicted molar refractivity (Wildman–Crippen MR) is 123 cm³/mol. The summed E-state index contributed by atoms with van der Waals surface area (Å²) in [5, 5.41) is 14.1. The van der Waals surface area contributed by atoms with Gasteiger partial charge in [-0.25, -0.2) is 13.4 Å². The number of aromatic nitrogens is 2. The minimum Gasteiger partial charge on any atom is -0.380 e. The lowest BCUT2D eigenvalue weighted by Gasteiger charge is -2.38. The Morgan fingerprint density at radius 3 is 2.52 bits per heavy atom. The zero-order valence-electron chi connectivity index (χ0n) is 18.2. The van der Waals surface area contributed by atoms with Gasteiger partial charge in [-0.15, -0.1) is 11.3 Å². The fourth-order valence-corrected chi connectivity index (χ4v) is 5.98. The Morgan fingerprint density at radius 1 is 1.12 bits per heavy atom. The van der Waals surface area contributed by atoms with Crippen molar-refractivity contribution in [3.63, 3.8) is 0 Å². The largest absolute Gasteiger partial charge is 0.417 e. The minimum absolute atomic E-state index is 0.141. The first-order valence-electron chi connectivity index (χ1n) is 10.1. The topological polar surface area (TPSA) is 83.0 Å². The second-order valence-electron chi connectivity index (χ2n) is 9.09. The summed E-state index contributed by atoms with van der Waals surface area (Å²) in [5.41, 5.74) is -2.71. The van der Waals surface area contributed by atoms with E-state index in [0.717, 1.165) is 21.9 Å². The predicted octanol–water partition coefficient (Wildman–Crippen LogP) is 5.38. The van der Waals surface area contributed by atoms with Crippen LogP contribution in [-0.2, 0) is 21.7 Å². The standard InChI is InChI=1S/C23H23F3N2O3S2/c1-21(2,17-6-4-5-14-7-8-32-20(14)17)13-22(29,23(24,25)26)11-16-9-15-10-19(33(3,30)31)27-12-18(15)28-16/h4-10,12,28-29H,11,13H2,1-3H3. The lowest BCUT2D eigenvalue weighted by atomic mass is 9.73. The van der Waals surface area contributed by atoms with Crippen molar-refractivity contribution < 1.29 is 26.7 Å². The summed E-state index contributed by atoms with van der Waals surface area (Å²) in [7, 11) is -3.56. The molecule has 33 heavy (non-hydrogen) atoms. The SMILES string of the molecule is CC(C)(CC(O)(Cc1cc2cc(S(C)(=O)=O)ncc2[nH]1)C(F)(F)F)c1cccc2ccsc12. The van der Waals surface area contributed by atoms with Gasteiger partial charge in [-0.3, -0.25) is 0 Å². The first-order chi connectivity index (χ1) is 15.2. The number of pyridine rings is 1. The molecule has 3 heterocycles. The Labute approximate surface area is 193 Å². The smallest absolute Gasteiger partial charge is 0.380 e. The van der Waals surface area contributed by atoms with E-state index in [9.17, 15) is 26.7 Å². The highest BCUT2D eigenvalue weighted by molar-refractivity contribution is 7.90. The van der Waals surface area contributed by atoms with Gasteiger partial charge < -0.3 is 10.1 Å². The van der Waals surface area contributed by atoms with Crippen LogP contribution in [0.4, 0.5) is 13.2 Å². The fourth-order valence-electron chi connectivity index (χ4n) is 4.30. The minimum atomic E-state index is -4.89. The molecule has 4 rings (SSSR count). The van der Waals surface area contributed by atoms with Crippen molar-refractivity contribution in [3.05, 3.63) is 59.2 Å². The summed E-state index contributed by atoms with van der Waals surface area (Å²) < 4.78 is 67.0. The van der Waals surface area contributed by atoms with Gasteiger partial charge >= 0.3 is 6.18 Å². The van der Waals surface area contributed by atoms with Crippen LogP contribution in [0.2, 0.25) is 0 Å². The third-order valence-electron chi connectivity index (χ3n) is 5.87. The molecule has 10 heteroatoms. The van der Waals surface area contributed by atoms with Crippen LogP contribution in [0.25, 0.3) is 21.0 Å². The van der Waals surface area contributed by atoms with Crippen LogP contribution in [0, 0.1) is 0 Å². The van der Waals surface area contributed by atoms with Gasteiger partial charge in [0.1, 0.15) is 0 Å². The molecule has 5 nitrogen and oxygen atoms in total. The molecule has 0 bridgehead atoms. The van der Waals surface area contributed by atoms with Gasteiger partial charge in [-0.05, 0) is 46.4 Å². The molecule has 176 valence electrons. The summed E-state index contributed by atoms with van der Waals surface area (Å²) in [5.74, 6) is 0. The van der Waals surface area contributed by atoms with Crippen molar-refractivity contribution in [1.29, 1.82) is 0 Å². The van der Waals surface area contributed by atoms with Crippen molar-refractivity contribution >= 4 is 42.2 Å². The first kappa shape index (κ1) is 23.7. The van der Waals surface area contributed by atoms with E-state index >= 15 is 0 Å². The van der Waals surface area contributed by atoms with E-state index < -0.39 is 39.9 Å². The molecule has 0 aliphatic rings. The molecule has 0 saturated heterocycles. The van der Waals surface area contributed by atoms with Gasteiger partial charge in [-0.1, -0.05) is 32.0 Å². The summed E-state index contributed by atoms with van der Waals surface area (Å²) in [6, 6.07) is 10.2. The highest BCUT2D eigenvalue weighted by Crippen LogP contribution is 2.45. The second kappa shape index (κ2) is 7.82. The van der Waals surface area contributed by atoms with E-state index in [0.29, 0.717) is 10.9 Å². The molecular formula is C23H23F3N2O3S2. The fraction of sp³-hybridized carbons (Fsp3) is 0.348. The Morgan fingerprint density at radius 2 is 1.85 bits per heavy atom. The van der Waals surface area contributed by atoms with Crippen LogP contribution in [-0.4, -0.2) is 41.5 Å². The van der Waals surface area contributed by atoms with Gasteiger partial charge in [-0.2, -0.15) is 13.2 Å². The zero-order chi connectivity index (χ0) is 24.2. The number of nitrogens with zero attached hydrogens (tertiary/aromatic N) is 1. The number of halogens is 3. The molecule has 0 amide bonds. The number of H-pyrrole nitrogens is 1. The van der Waals surface area contributed by atoms with Crippen LogP contribution in [0.1, 0.15) is 31.5 Å². The number of hydrogen-bond donors (Lipinski definition) is 2. The first-order valence-corrected chi connectivity index (χ1v) is 12.9. The number of aromatic amines is 1. The van der Waals surface area contributed by atoms with Crippen molar-refractivity contribution in [2.24, 2.45) is 0 Å². The van der Waals surface area contributed by atoms with E-state index in [1.165, 1.54) is 29.7 Å². The molecule has 0 fully saturated rings. The molecule has 2 N–H and O–H groups in total. The van der Waals surface area contributed by atoms with Gasteiger partial charge in [0.25, 0.3) is 0 Å². The Hall–Kier alpha value is -2.43. The quantitative estimate of drug-likeness (QED) is 0.375. The molecule has 1 atom stereocenters. The molecule has 1 unspecified atom stereocenters. The molecule has 0 radical (unpaired) electrons. The van der Waals surface area contributed by atoms with Crippen LogP contribution in [0.5, 0.6) is 0 Å². The maximum absolute atomic E-state index is 14.2. The van der Waals surface area contributed by atoms with E-state index in [1.54, 1.807) is 19.9 Å². The number of nitrogens with one attached hydrogen (secondary N) is 1. The van der Waals surface area contributed by atoms with Crippen molar-refractivity contribution in [1.82, 2.24) is 9.97 Å². The summed E-state index contributed by atoms with van der Waals surface area (Å²) >= 11 is 1.46. The molecule has 0 saturated carbocycles. The van der Waals surface area contributed by atoms with Crippen molar-refractivity contribution in [2.45, 2.75) is 48.9 Å². The zero-order valence-corrected chi connectivity index (χ0v) is 19.8. The summed E-state index contributed by atoms with van der Waals surface area (Å²) in [4.78, 5) is 6.69. The van der Waals surface area contributed by atoms with E-state index in [4.69, 9.17) is 0 Å². The van der Waals surface area contributed by atoms with Crippen LogP contribution < -0.4 is 0 Å². The van der Waals surface area contributed by atoms with E-state index in [1.807, 2.05) is 23.6 Å². The number of fused-ring (bicyclic) bond motifs is 2. The molecule has 0 aliphatic heterocycles.